The Morgan fingerprint density at radius 3 is 2.70 bits per heavy atom. The van der Waals surface area contributed by atoms with Gasteiger partial charge in [0, 0.05) is 12.6 Å². The lowest BCUT2D eigenvalue weighted by Crippen LogP contribution is -2.19. The zero-order valence-corrected chi connectivity index (χ0v) is 12.8. The van der Waals surface area contributed by atoms with Gasteiger partial charge in [-0.1, -0.05) is 12.1 Å². The highest BCUT2D eigenvalue weighted by Crippen LogP contribution is 2.24. The highest BCUT2D eigenvalue weighted by atomic mass is 19.1. The first-order valence-corrected chi connectivity index (χ1v) is 6.97. The number of carbonyl (C=O) groups excluding carboxylic acids is 2. The van der Waals surface area contributed by atoms with Crippen LogP contribution in [0.4, 0.5) is 14.9 Å². The van der Waals surface area contributed by atoms with E-state index in [4.69, 9.17) is 10.5 Å². The molecule has 0 fully saturated rings. The first-order chi connectivity index (χ1) is 11.0. The fraction of sp³-hybridized carbons (Fsp3) is 0.250. The number of aromatic nitrogens is 1. The lowest BCUT2D eigenvalue weighted by Gasteiger charge is -2.06. The van der Waals surface area contributed by atoms with Crippen molar-refractivity contribution in [2.75, 3.05) is 19.5 Å². The number of esters is 1. The van der Waals surface area contributed by atoms with Crippen molar-refractivity contribution in [3.05, 3.63) is 53.1 Å². The van der Waals surface area contributed by atoms with Crippen LogP contribution in [-0.4, -0.2) is 30.3 Å². The number of carbonyl (C=O) groups is 2. The van der Waals surface area contributed by atoms with Gasteiger partial charge in [0.05, 0.1) is 19.4 Å². The average molecular weight is 320 g/mol. The van der Waals surface area contributed by atoms with Crippen LogP contribution in [0.2, 0.25) is 0 Å². The van der Waals surface area contributed by atoms with Crippen molar-refractivity contribution in [3.63, 3.8) is 0 Å². The molecule has 6 nitrogen and oxygen atoms in total. The molecule has 0 spiro atoms. The SMILES string of the molecule is CCOC(=O)n1cc(Cc2cccc(F)c2)c(N)c1C(=O)OC. The number of rotatable bonds is 4. The summed E-state index contributed by atoms with van der Waals surface area (Å²) in [5.74, 6) is -1.12. The predicted molar refractivity (Wildman–Crippen MR) is 81.8 cm³/mol. The number of hydrogen-bond acceptors (Lipinski definition) is 5. The van der Waals surface area contributed by atoms with Crippen LogP contribution in [0.3, 0.4) is 0 Å². The quantitative estimate of drug-likeness (QED) is 0.875. The molecular weight excluding hydrogens is 303 g/mol. The molecule has 0 atom stereocenters. The molecule has 7 heteroatoms. The average Bonchev–Trinajstić information content (AvgIpc) is 2.84. The Morgan fingerprint density at radius 1 is 1.35 bits per heavy atom. The molecular formula is C16H17FN2O4. The molecule has 0 aliphatic carbocycles. The Kier molecular flexibility index (Phi) is 5.00. The summed E-state index contributed by atoms with van der Waals surface area (Å²) < 4.78 is 23.9. The maximum absolute atomic E-state index is 13.3. The first kappa shape index (κ1) is 16.5. The molecule has 1 aromatic carbocycles. The normalized spacial score (nSPS) is 10.4. The summed E-state index contributed by atoms with van der Waals surface area (Å²) in [5.41, 5.74) is 7.15. The van der Waals surface area contributed by atoms with Gasteiger partial charge in [-0.05, 0) is 30.2 Å². The largest absolute Gasteiger partial charge is 0.464 e. The predicted octanol–water partition coefficient (Wildman–Crippen LogP) is 2.59. The molecule has 0 saturated carbocycles. The number of ether oxygens (including phenoxy) is 2. The number of nitrogens with zero attached hydrogens (tertiary/aromatic N) is 1. The maximum atomic E-state index is 13.3. The van der Waals surface area contributed by atoms with Crippen LogP contribution in [-0.2, 0) is 15.9 Å². The van der Waals surface area contributed by atoms with E-state index in [0.717, 1.165) is 4.57 Å². The van der Waals surface area contributed by atoms with Crippen molar-refractivity contribution in [2.45, 2.75) is 13.3 Å². The second-order valence-corrected chi connectivity index (χ2v) is 4.78. The van der Waals surface area contributed by atoms with Gasteiger partial charge >= 0.3 is 12.1 Å². The minimum atomic E-state index is -0.749. The van der Waals surface area contributed by atoms with Crippen LogP contribution in [0.5, 0.6) is 0 Å². The molecule has 23 heavy (non-hydrogen) atoms. The van der Waals surface area contributed by atoms with Crippen molar-refractivity contribution in [1.29, 1.82) is 0 Å². The van der Waals surface area contributed by atoms with Crippen LogP contribution >= 0.6 is 0 Å². The highest BCUT2D eigenvalue weighted by Gasteiger charge is 2.24. The minimum Gasteiger partial charge on any atom is -0.464 e. The third kappa shape index (κ3) is 3.50. The van der Waals surface area contributed by atoms with Crippen LogP contribution < -0.4 is 5.73 Å². The van der Waals surface area contributed by atoms with Gasteiger partial charge in [0.1, 0.15) is 5.82 Å². The van der Waals surface area contributed by atoms with Gasteiger partial charge < -0.3 is 15.2 Å². The molecule has 2 rings (SSSR count). The number of hydrogen-bond donors (Lipinski definition) is 1. The van der Waals surface area contributed by atoms with Crippen molar-refractivity contribution in [1.82, 2.24) is 4.57 Å². The fourth-order valence-corrected chi connectivity index (χ4v) is 2.22. The van der Waals surface area contributed by atoms with Gasteiger partial charge in [0.15, 0.2) is 5.69 Å². The first-order valence-electron chi connectivity index (χ1n) is 6.97. The molecule has 0 unspecified atom stereocenters. The van der Waals surface area contributed by atoms with E-state index in [2.05, 4.69) is 4.74 Å². The van der Waals surface area contributed by atoms with Crippen LogP contribution in [0.1, 0.15) is 28.5 Å². The summed E-state index contributed by atoms with van der Waals surface area (Å²) in [5, 5.41) is 0. The molecule has 0 aliphatic rings. The van der Waals surface area contributed by atoms with Gasteiger partial charge in [-0.3, -0.25) is 0 Å². The van der Waals surface area contributed by atoms with Crippen LogP contribution in [0.15, 0.2) is 30.5 Å². The molecule has 0 aliphatic heterocycles. The zero-order chi connectivity index (χ0) is 17.0. The Hall–Kier alpha value is -2.83. The molecule has 1 heterocycles. The van der Waals surface area contributed by atoms with Crippen molar-refractivity contribution in [2.24, 2.45) is 0 Å². The highest BCUT2D eigenvalue weighted by molar-refractivity contribution is 5.98. The second kappa shape index (κ2) is 6.95. The molecule has 0 amide bonds. The number of methoxy groups -OCH3 is 1. The fourth-order valence-electron chi connectivity index (χ4n) is 2.22. The molecule has 1 aromatic heterocycles. The number of benzene rings is 1. The van der Waals surface area contributed by atoms with E-state index in [1.54, 1.807) is 19.1 Å². The van der Waals surface area contributed by atoms with E-state index in [-0.39, 0.29) is 30.2 Å². The Labute approximate surface area is 132 Å². The summed E-state index contributed by atoms with van der Waals surface area (Å²) >= 11 is 0. The number of halogens is 1. The third-order valence-corrected chi connectivity index (χ3v) is 3.25. The molecule has 0 radical (unpaired) electrons. The van der Waals surface area contributed by atoms with Gasteiger partial charge in [-0.15, -0.1) is 0 Å². The van der Waals surface area contributed by atoms with Crippen molar-refractivity contribution in [3.8, 4) is 0 Å². The molecule has 0 bridgehead atoms. The smallest absolute Gasteiger partial charge is 0.418 e. The molecule has 2 N–H and O–H groups in total. The van der Waals surface area contributed by atoms with Crippen LogP contribution in [0.25, 0.3) is 0 Å². The lowest BCUT2D eigenvalue weighted by atomic mass is 10.1. The summed E-state index contributed by atoms with van der Waals surface area (Å²) in [6.45, 7) is 1.80. The Morgan fingerprint density at radius 2 is 2.09 bits per heavy atom. The topological polar surface area (TPSA) is 83.5 Å². The number of nitrogens with two attached hydrogens (primary N) is 1. The molecule has 2 aromatic rings. The van der Waals surface area contributed by atoms with Gasteiger partial charge in [0.25, 0.3) is 0 Å². The number of anilines is 1. The van der Waals surface area contributed by atoms with Crippen molar-refractivity contribution < 1.29 is 23.5 Å². The van der Waals surface area contributed by atoms with E-state index in [1.807, 2.05) is 0 Å². The summed E-state index contributed by atoms with van der Waals surface area (Å²) in [6.07, 6.45) is 0.940. The van der Waals surface area contributed by atoms with Gasteiger partial charge in [-0.25, -0.2) is 18.5 Å². The monoisotopic (exact) mass is 320 g/mol. The Balaban J connectivity index is 2.44. The summed E-state index contributed by atoms with van der Waals surface area (Å²) in [7, 11) is 1.19. The standard InChI is InChI=1S/C16H17FN2O4/c1-3-23-16(21)19-9-11(13(18)14(19)15(20)22-2)7-10-5-4-6-12(17)8-10/h4-6,8-9H,3,7,18H2,1-2H3. The summed E-state index contributed by atoms with van der Waals surface area (Å²) in [6, 6.07) is 5.99. The van der Waals surface area contributed by atoms with Gasteiger partial charge in [-0.2, -0.15) is 0 Å². The third-order valence-electron chi connectivity index (χ3n) is 3.25. The number of nitrogen functional groups attached to an aromatic ring is 1. The minimum absolute atomic E-state index is 0.0997. The lowest BCUT2D eigenvalue weighted by molar-refractivity contribution is 0.0587. The van der Waals surface area contributed by atoms with E-state index in [9.17, 15) is 14.0 Å². The zero-order valence-electron chi connectivity index (χ0n) is 12.8. The van der Waals surface area contributed by atoms with Crippen molar-refractivity contribution >= 4 is 17.7 Å². The second-order valence-electron chi connectivity index (χ2n) is 4.78. The molecule has 0 saturated heterocycles. The van der Waals surface area contributed by atoms with E-state index >= 15 is 0 Å². The van der Waals surface area contributed by atoms with E-state index in [0.29, 0.717) is 11.1 Å². The summed E-state index contributed by atoms with van der Waals surface area (Å²) in [4.78, 5) is 23.9. The van der Waals surface area contributed by atoms with E-state index in [1.165, 1.54) is 25.4 Å². The van der Waals surface area contributed by atoms with Crippen LogP contribution in [0, 0.1) is 5.82 Å². The Bertz CT molecular complexity index is 740. The maximum Gasteiger partial charge on any atom is 0.418 e. The van der Waals surface area contributed by atoms with Gasteiger partial charge in [0.2, 0.25) is 0 Å². The van der Waals surface area contributed by atoms with E-state index < -0.39 is 12.1 Å². The molecule has 122 valence electrons.